The first-order valence-electron chi connectivity index (χ1n) is 7.67. The molecule has 4 nitrogen and oxygen atoms in total. The molecule has 4 heteroatoms. The highest BCUT2D eigenvalue weighted by Crippen LogP contribution is 2.16. The van der Waals surface area contributed by atoms with Crippen LogP contribution in [0.1, 0.15) is 22.3 Å². The number of rotatable bonds is 5. The first-order chi connectivity index (χ1) is 10.8. The zero-order valence-corrected chi connectivity index (χ0v) is 12.5. The lowest BCUT2D eigenvalue weighted by atomic mass is 10.1. The summed E-state index contributed by atoms with van der Waals surface area (Å²) in [6.45, 7) is 2.05. The molecule has 3 rings (SSSR count). The number of hydrogen-bond donors (Lipinski definition) is 0. The number of ether oxygens (including phenoxy) is 1. The fourth-order valence-corrected chi connectivity index (χ4v) is 2.77. The van der Waals surface area contributed by atoms with E-state index in [-0.39, 0.29) is 11.9 Å². The van der Waals surface area contributed by atoms with Gasteiger partial charge < -0.3 is 9.64 Å². The van der Waals surface area contributed by atoms with Crippen molar-refractivity contribution in [1.82, 2.24) is 9.88 Å². The molecular weight excluding hydrogens is 276 g/mol. The van der Waals surface area contributed by atoms with E-state index in [2.05, 4.69) is 17.1 Å². The highest BCUT2D eigenvalue weighted by atomic mass is 16.5. The normalized spacial score (nSPS) is 17.4. The molecule has 1 amide bonds. The van der Waals surface area contributed by atoms with Crippen molar-refractivity contribution in [3.05, 3.63) is 66.0 Å². The van der Waals surface area contributed by atoms with Crippen LogP contribution >= 0.6 is 0 Å². The zero-order chi connectivity index (χ0) is 15.2. The molecule has 0 unspecified atom stereocenters. The largest absolute Gasteiger partial charge is 0.379 e. The van der Waals surface area contributed by atoms with Crippen LogP contribution in [-0.4, -0.2) is 41.6 Å². The smallest absolute Gasteiger partial charge is 0.255 e. The van der Waals surface area contributed by atoms with E-state index in [1.54, 1.807) is 18.5 Å². The average Bonchev–Trinajstić information content (AvgIpc) is 3.11. The Balaban J connectivity index is 1.73. The minimum absolute atomic E-state index is 0.0412. The maximum atomic E-state index is 12.8. The molecule has 2 heterocycles. The Morgan fingerprint density at radius 2 is 2.09 bits per heavy atom. The number of carbonyl (C=O) groups is 1. The minimum atomic E-state index is 0.0412. The minimum Gasteiger partial charge on any atom is -0.379 e. The van der Waals surface area contributed by atoms with Gasteiger partial charge in [0.2, 0.25) is 0 Å². The molecule has 0 bridgehead atoms. The second-order valence-corrected chi connectivity index (χ2v) is 5.49. The monoisotopic (exact) mass is 296 g/mol. The number of benzene rings is 1. The quantitative estimate of drug-likeness (QED) is 0.851. The van der Waals surface area contributed by atoms with Crippen LogP contribution in [0.2, 0.25) is 0 Å². The molecule has 1 fully saturated rings. The van der Waals surface area contributed by atoms with Gasteiger partial charge in [-0.05, 0) is 30.5 Å². The number of aromatic nitrogens is 1. The van der Waals surface area contributed by atoms with E-state index in [4.69, 9.17) is 4.74 Å². The van der Waals surface area contributed by atoms with Crippen LogP contribution in [0.3, 0.4) is 0 Å². The molecule has 1 aromatic heterocycles. The Hall–Kier alpha value is -2.20. The van der Waals surface area contributed by atoms with E-state index in [1.807, 2.05) is 29.2 Å². The summed E-state index contributed by atoms with van der Waals surface area (Å²) in [5.41, 5.74) is 1.88. The van der Waals surface area contributed by atoms with Crippen molar-refractivity contribution in [2.75, 3.05) is 19.8 Å². The van der Waals surface area contributed by atoms with Crippen LogP contribution in [-0.2, 0) is 11.2 Å². The summed E-state index contributed by atoms with van der Waals surface area (Å²) in [4.78, 5) is 18.8. The highest BCUT2D eigenvalue weighted by molar-refractivity contribution is 5.94. The van der Waals surface area contributed by atoms with Gasteiger partial charge in [-0.15, -0.1) is 0 Å². The maximum Gasteiger partial charge on any atom is 0.255 e. The summed E-state index contributed by atoms with van der Waals surface area (Å²) in [5.74, 6) is 0.0412. The third-order valence-corrected chi connectivity index (χ3v) is 4.00. The van der Waals surface area contributed by atoms with Gasteiger partial charge in [0.05, 0.1) is 18.2 Å². The van der Waals surface area contributed by atoms with Crippen molar-refractivity contribution in [1.29, 1.82) is 0 Å². The third kappa shape index (κ3) is 3.52. The predicted octanol–water partition coefficient (Wildman–Crippen LogP) is 2.56. The second kappa shape index (κ2) is 7.18. The van der Waals surface area contributed by atoms with E-state index in [0.717, 1.165) is 19.4 Å². The summed E-state index contributed by atoms with van der Waals surface area (Å²) < 4.78 is 5.47. The van der Waals surface area contributed by atoms with Gasteiger partial charge in [0.1, 0.15) is 0 Å². The molecule has 2 aromatic rings. The molecule has 0 spiro atoms. The molecule has 0 radical (unpaired) electrons. The van der Waals surface area contributed by atoms with Crippen molar-refractivity contribution in [3.8, 4) is 0 Å². The number of hydrogen-bond acceptors (Lipinski definition) is 3. The van der Waals surface area contributed by atoms with E-state index in [1.165, 1.54) is 5.56 Å². The zero-order valence-electron chi connectivity index (χ0n) is 12.5. The van der Waals surface area contributed by atoms with Gasteiger partial charge >= 0.3 is 0 Å². The van der Waals surface area contributed by atoms with Gasteiger partial charge in [-0.2, -0.15) is 0 Å². The Kier molecular flexibility index (Phi) is 4.81. The van der Waals surface area contributed by atoms with Crippen LogP contribution in [0.15, 0.2) is 54.9 Å². The summed E-state index contributed by atoms with van der Waals surface area (Å²) in [6, 6.07) is 14.0. The van der Waals surface area contributed by atoms with Crippen LogP contribution in [0.5, 0.6) is 0 Å². The number of pyridine rings is 1. The van der Waals surface area contributed by atoms with E-state index in [0.29, 0.717) is 18.7 Å². The first kappa shape index (κ1) is 14.7. The third-order valence-electron chi connectivity index (χ3n) is 4.00. The summed E-state index contributed by atoms with van der Waals surface area (Å²) in [7, 11) is 0. The Labute approximate surface area is 130 Å². The standard InChI is InChI=1S/C18H20N2O2/c21-18(16-7-4-10-19-13-16)20(17-9-12-22-14-17)11-8-15-5-2-1-3-6-15/h1-7,10,13,17H,8-9,11-12,14H2/t17-/m0/s1. The lowest BCUT2D eigenvalue weighted by molar-refractivity contribution is 0.0656. The van der Waals surface area contributed by atoms with Crippen molar-refractivity contribution >= 4 is 5.91 Å². The molecule has 0 aliphatic carbocycles. The van der Waals surface area contributed by atoms with Crippen LogP contribution < -0.4 is 0 Å². The molecule has 1 aliphatic rings. The molecule has 0 saturated carbocycles. The molecule has 0 N–H and O–H groups in total. The number of amides is 1. The van der Waals surface area contributed by atoms with Crippen LogP contribution in [0.4, 0.5) is 0 Å². The van der Waals surface area contributed by atoms with Gasteiger partial charge in [0.15, 0.2) is 0 Å². The molecule has 1 aliphatic heterocycles. The SMILES string of the molecule is O=C(c1cccnc1)N(CCc1ccccc1)[C@H]1CCOC1. The summed E-state index contributed by atoms with van der Waals surface area (Å²) in [6.07, 6.45) is 5.07. The molecule has 114 valence electrons. The number of carbonyl (C=O) groups excluding carboxylic acids is 1. The maximum absolute atomic E-state index is 12.8. The lowest BCUT2D eigenvalue weighted by Crippen LogP contribution is -2.42. The average molecular weight is 296 g/mol. The van der Waals surface area contributed by atoms with Crippen LogP contribution in [0.25, 0.3) is 0 Å². The topological polar surface area (TPSA) is 42.4 Å². The van der Waals surface area contributed by atoms with Gasteiger partial charge in [-0.25, -0.2) is 0 Å². The fourth-order valence-electron chi connectivity index (χ4n) is 2.77. The van der Waals surface area contributed by atoms with E-state index < -0.39 is 0 Å². The second-order valence-electron chi connectivity index (χ2n) is 5.49. The molecule has 1 aromatic carbocycles. The Bertz CT molecular complexity index is 595. The molecule has 22 heavy (non-hydrogen) atoms. The molecule has 1 saturated heterocycles. The van der Waals surface area contributed by atoms with Crippen molar-refractivity contribution in [2.45, 2.75) is 18.9 Å². The van der Waals surface area contributed by atoms with E-state index >= 15 is 0 Å². The van der Waals surface area contributed by atoms with Crippen molar-refractivity contribution in [2.24, 2.45) is 0 Å². The fraction of sp³-hybridized carbons (Fsp3) is 0.333. The Morgan fingerprint density at radius 3 is 2.77 bits per heavy atom. The van der Waals surface area contributed by atoms with Gasteiger partial charge in [0, 0.05) is 25.5 Å². The first-order valence-corrected chi connectivity index (χ1v) is 7.67. The van der Waals surface area contributed by atoms with Gasteiger partial charge in [-0.1, -0.05) is 30.3 Å². The Morgan fingerprint density at radius 1 is 1.23 bits per heavy atom. The van der Waals surface area contributed by atoms with Gasteiger partial charge in [-0.3, -0.25) is 9.78 Å². The van der Waals surface area contributed by atoms with Crippen molar-refractivity contribution in [3.63, 3.8) is 0 Å². The van der Waals surface area contributed by atoms with Gasteiger partial charge in [0.25, 0.3) is 5.91 Å². The number of nitrogens with zero attached hydrogens (tertiary/aromatic N) is 2. The lowest BCUT2D eigenvalue weighted by Gasteiger charge is -2.28. The van der Waals surface area contributed by atoms with Crippen molar-refractivity contribution < 1.29 is 9.53 Å². The summed E-state index contributed by atoms with van der Waals surface area (Å²) >= 11 is 0. The van der Waals surface area contributed by atoms with Crippen LogP contribution in [0, 0.1) is 0 Å². The highest BCUT2D eigenvalue weighted by Gasteiger charge is 2.27. The summed E-state index contributed by atoms with van der Waals surface area (Å²) in [5, 5.41) is 0. The predicted molar refractivity (Wildman–Crippen MR) is 84.6 cm³/mol. The van der Waals surface area contributed by atoms with E-state index in [9.17, 15) is 4.79 Å². The molecular formula is C18H20N2O2. The molecule has 1 atom stereocenters.